The summed E-state index contributed by atoms with van der Waals surface area (Å²) < 4.78 is 25.0. The smallest absolute Gasteiger partial charge is 0.178 e. The van der Waals surface area contributed by atoms with E-state index < -0.39 is 9.84 Å². The van der Waals surface area contributed by atoms with Crippen LogP contribution < -0.4 is 5.73 Å². The average Bonchev–Trinajstić information content (AvgIpc) is 3.07. The molecule has 2 rings (SSSR count). The van der Waals surface area contributed by atoms with Crippen molar-refractivity contribution < 1.29 is 8.42 Å². The van der Waals surface area contributed by atoms with Crippen molar-refractivity contribution in [3.8, 4) is 0 Å². The van der Waals surface area contributed by atoms with Crippen LogP contribution in [0.5, 0.6) is 0 Å². The fourth-order valence-corrected chi connectivity index (χ4v) is 4.55. The molecule has 2 N–H and O–H groups in total. The van der Waals surface area contributed by atoms with Gasteiger partial charge in [-0.05, 0) is 54.3 Å². The summed E-state index contributed by atoms with van der Waals surface area (Å²) in [6.07, 6.45) is 2.79. The van der Waals surface area contributed by atoms with E-state index in [0.29, 0.717) is 11.4 Å². The van der Waals surface area contributed by atoms with E-state index in [9.17, 15) is 8.42 Å². The molecule has 0 aromatic heterocycles. The lowest BCUT2D eigenvalue weighted by Crippen LogP contribution is -2.21. The molecule has 20 heavy (non-hydrogen) atoms. The number of nitrogens with two attached hydrogens (primary N) is 1. The van der Waals surface area contributed by atoms with Gasteiger partial charge in [0.2, 0.25) is 0 Å². The van der Waals surface area contributed by atoms with Crippen LogP contribution in [0, 0.1) is 5.41 Å². The van der Waals surface area contributed by atoms with E-state index in [1.165, 1.54) is 0 Å². The first-order valence-corrected chi connectivity index (χ1v) is 8.87. The van der Waals surface area contributed by atoms with E-state index in [2.05, 4.69) is 20.8 Å². The van der Waals surface area contributed by atoms with E-state index in [-0.39, 0.29) is 16.6 Å². The van der Waals surface area contributed by atoms with Crippen LogP contribution in [-0.4, -0.2) is 20.7 Å². The highest BCUT2D eigenvalue weighted by atomic mass is 32.2. The van der Waals surface area contributed by atoms with Crippen molar-refractivity contribution in [3.63, 3.8) is 0 Å². The van der Waals surface area contributed by atoms with Crippen molar-refractivity contribution in [1.29, 1.82) is 0 Å². The molecular weight excluding hydrogens is 270 g/mol. The summed E-state index contributed by atoms with van der Waals surface area (Å²) in [5.74, 6) is 0.242. The lowest BCUT2D eigenvalue weighted by Gasteiger charge is -2.19. The Morgan fingerprint density at radius 2 is 1.70 bits per heavy atom. The summed E-state index contributed by atoms with van der Waals surface area (Å²) in [5.41, 5.74) is 6.73. The van der Waals surface area contributed by atoms with E-state index >= 15 is 0 Å². The van der Waals surface area contributed by atoms with Crippen LogP contribution >= 0.6 is 0 Å². The maximum atomic E-state index is 12.5. The fraction of sp³-hybridized carbons (Fsp3) is 0.625. The zero-order chi connectivity index (χ0) is 15.0. The molecule has 0 saturated heterocycles. The van der Waals surface area contributed by atoms with Gasteiger partial charge in [-0.3, -0.25) is 0 Å². The Morgan fingerprint density at radius 3 is 2.10 bits per heavy atom. The molecule has 0 unspecified atom stereocenters. The molecule has 1 aliphatic carbocycles. The first kappa shape index (κ1) is 15.5. The largest absolute Gasteiger partial charge is 0.330 e. The van der Waals surface area contributed by atoms with Crippen LogP contribution in [0.25, 0.3) is 0 Å². The molecule has 4 heteroatoms. The molecule has 0 spiro atoms. The third kappa shape index (κ3) is 3.41. The van der Waals surface area contributed by atoms with Gasteiger partial charge in [-0.2, -0.15) is 0 Å². The standard InChI is InChI=1S/C16H25NO2S/c1-15(2,3)13-4-6-14(7-5-13)20(18,19)12-16(8-9-16)10-11-17/h4-7H,8-12,17H2,1-3H3. The minimum atomic E-state index is -3.20. The Labute approximate surface area is 122 Å². The van der Waals surface area contributed by atoms with Gasteiger partial charge in [0, 0.05) is 0 Å². The molecule has 112 valence electrons. The summed E-state index contributed by atoms with van der Waals surface area (Å²) in [6.45, 7) is 6.93. The van der Waals surface area contributed by atoms with E-state index in [4.69, 9.17) is 5.73 Å². The normalized spacial score (nSPS) is 18.0. The molecule has 0 atom stereocenters. The van der Waals surface area contributed by atoms with E-state index in [1.807, 2.05) is 12.1 Å². The second kappa shape index (κ2) is 5.15. The quantitative estimate of drug-likeness (QED) is 0.908. The first-order valence-electron chi connectivity index (χ1n) is 7.22. The highest BCUT2D eigenvalue weighted by Gasteiger charge is 2.45. The van der Waals surface area contributed by atoms with Gasteiger partial charge >= 0.3 is 0 Å². The second-order valence-electron chi connectivity index (χ2n) is 7.07. The first-order chi connectivity index (χ1) is 9.19. The molecule has 1 aromatic carbocycles. The molecule has 0 radical (unpaired) electrons. The molecule has 1 saturated carbocycles. The molecule has 0 amide bonds. The van der Waals surface area contributed by atoms with Gasteiger partial charge in [0.15, 0.2) is 9.84 Å². The molecule has 0 aliphatic heterocycles. The predicted octanol–water partition coefficient (Wildman–Crippen LogP) is 2.89. The highest BCUT2D eigenvalue weighted by molar-refractivity contribution is 7.91. The Balaban J connectivity index is 2.18. The zero-order valence-corrected chi connectivity index (χ0v) is 13.5. The van der Waals surface area contributed by atoms with Crippen molar-refractivity contribution in [1.82, 2.24) is 0 Å². The van der Waals surface area contributed by atoms with Crippen LogP contribution in [0.15, 0.2) is 29.2 Å². The number of sulfone groups is 1. The molecular formula is C16H25NO2S. The Hall–Kier alpha value is -0.870. The molecule has 1 aliphatic rings. The topological polar surface area (TPSA) is 60.2 Å². The number of hydrogen-bond acceptors (Lipinski definition) is 3. The van der Waals surface area contributed by atoms with Gasteiger partial charge in [0.05, 0.1) is 10.6 Å². The van der Waals surface area contributed by atoms with Crippen molar-refractivity contribution in [2.45, 2.75) is 50.3 Å². The maximum Gasteiger partial charge on any atom is 0.178 e. The van der Waals surface area contributed by atoms with Gasteiger partial charge in [-0.25, -0.2) is 8.42 Å². The average molecular weight is 295 g/mol. The monoisotopic (exact) mass is 295 g/mol. The summed E-state index contributed by atoms with van der Waals surface area (Å²) in [4.78, 5) is 0.439. The van der Waals surface area contributed by atoms with Crippen LogP contribution in [0.1, 0.15) is 45.6 Å². The van der Waals surface area contributed by atoms with Crippen molar-refractivity contribution >= 4 is 9.84 Å². The van der Waals surface area contributed by atoms with Crippen LogP contribution in [0.4, 0.5) is 0 Å². The summed E-state index contributed by atoms with van der Waals surface area (Å²) in [5, 5.41) is 0. The third-order valence-electron chi connectivity index (χ3n) is 4.21. The van der Waals surface area contributed by atoms with Crippen LogP contribution in [-0.2, 0) is 15.3 Å². The third-order valence-corrected chi connectivity index (χ3v) is 6.19. The maximum absolute atomic E-state index is 12.5. The van der Waals surface area contributed by atoms with E-state index in [1.54, 1.807) is 12.1 Å². The van der Waals surface area contributed by atoms with E-state index in [0.717, 1.165) is 24.8 Å². The van der Waals surface area contributed by atoms with Gasteiger partial charge < -0.3 is 5.73 Å². The molecule has 1 fully saturated rings. The summed E-state index contributed by atoms with van der Waals surface area (Å²) in [6, 6.07) is 7.34. The summed E-state index contributed by atoms with van der Waals surface area (Å²) >= 11 is 0. The molecule has 0 bridgehead atoms. The SMILES string of the molecule is CC(C)(C)c1ccc(S(=O)(=O)CC2(CCN)CC2)cc1. The number of hydrogen-bond donors (Lipinski definition) is 1. The van der Waals surface area contributed by atoms with Crippen LogP contribution in [0.3, 0.4) is 0 Å². The minimum Gasteiger partial charge on any atom is -0.330 e. The molecule has 3 nitrogen and oxygen atoms in total. The van der Waals surface area contributed by atoms with Gasteiger partial charge in [-0.15, -0.1) is 0 Å². The predicted molar refractivity (Wildman–Crippen MR) is 82.5 cm³/mol. The van der Waals surface area contributed by atoms with Crippen molar-refractivity contribution in [2.75, 3.05) is 12.3 Å². The fourth-order valence-electron chi connectivity index (χ4n) is 2.60. The number of benzene rings is 1. The Kier molecular flexibility index (Phi) is 4.00. The van der Waals surface area contributed by atoms with Crippen molar-refractivity contribution in [3.05, 3.63) is 29.8 Å². The highest BCUT2D eigenvalue weighted by Crippen LogP contribution is 2.50. The Morgan fingerprint density at radius 1 is 1.15 bits per heavy atom. The van der Waals surface area contributed by atoms with Gasteiger partial charge in [0.25, 0.3) is 0 Å². The second-order valence-corrected chi connectivity index (χ2v) is 9.06. The lowest BCUT2D eigenvalue weighted by atomic mass is 9.87. The number of rotatable bonds is 5. The lowest BCUT2D eigenvalue weighted by molar-refractivity contribution is 0.510. The zero-order valence-electron chi connectivity index (χ0n) is 12.6. The molecule has 1 aromatic rings. The minimum absolute atomic E-state index is 0.0412. The van der Waals surface area contributed by atoms with Crippen LogP contribution in [0.2, 0.25) is 0 Å². The summed E-state index contributed by atoms with van der Waals surface area (Å²) in [7, 11) is -3.20. The van der Waals surface area contributed by atoms with Crippen molar-refractivity contribution in [2.24, 2.45) is 11.1 Å². The van der Waals surface area contributed by atoms with Gasteiger partial charge in [-0.1, -0.05) is 32.9 Å². The van der Waals surface area contributed by atoms with Gasteiger partial charge in [0.1, 0.15) is 0 Å². The Bertz CT molecular complexity index is 563. The molecule has 0 heterocycles.